The van der Waals surface area contributed by atoms with E-state index in [1.54, 1.807) is 6.07 Å². The Morgan fingerprint density at radius 1 is 1.00 bits per heavy atom. The molecule has 0 saturated carbocycles. The van der Waals surface area contributed by atoms with E-state index in [4.69, 9.17) is 9.47 Å². The quantitative estimate of drug-likeness (QED) is 0.491. The fourth-order valence-electron chi connectivity index (χ4n) is 3.07. The van der Waals surface area contributed by atoms with Crippen molar-refractivity contribution < 1.29 is 32.6 Å². The monoisotopic (exact) mass is 456 g/mol. The van der Waals surface area contributed by atoms with Crippen molar-refractivity contribution in [2.24, 2.45) is 0 Å². The molecule has 1 heterocycles. The summed E-state index contributed by atoms with van der Waals surface area (Å²) in [6.07, 6.45) is 2.82. The Labute approximate surface area is 184 Å². The van der Waals surface area contributed by atoms with Crippen LogP contribution in [0.4, 0.5) is 5.69 Å². The Balaban J connectivity index is 2.19. The number of nitrogens with zero attached hydrogens (tertiary/aromatic N) is 1. The van der Waals surface area contributed by atoms with E-state index in [0.29, 0.717) is 5.75 Å². The highest BCUT2D eigenvalue weighted by Crippen LogP contribution is 2.34. The van der Waals surface area contributed by atoms with Crippen molar-refractivity contribution in [2.75, 3.05) is 19.5 Å². The number of aromatic carboxylic acids is 1. The summed E-state index contributed by atoms with van der Waals surface area (Å²) in [5, 5.41) is 10.9. The Bertz CT molecular complexity index is 1230. The van der Waals surface area contributed by atoms with Gasteiger partial charge in [0.15, 0.2) is 5.37 Å². The second-order valence-corrected chi connectivity index (χ2v) is 8.59. The van der Waals surface area contributed by atoms with Gasteiger partial charge in [-0.1, -0.05) is 12.1 Å². The molecule has 32 heavy (non-hydrogen) atoms. The number of benzene rings is 2. The minimum atomic E-state index is -4.12. The zero-order chi connectivity index (χ0) is 23.3. The van der Waals surface area contributed by atoms with Crippen LogP contribution >= 0.6 is 0 Å². The van der Waals surface area contributed by atoms with E-state index in [1.807, 2.05) is 0 Å². The number of aromatic nitrogens is 1. The van der Waals surface area contributed by atoms with Crippen molar-refractivity contribution in [1.82, 2.24) is 4.98 Å². The van der Waals surface area contributed by atoms with E-state index in [-0.39, 0.29) is 27.3 Å². The summed E-state index contributed by atoms with van der Waals surface area (Å²) in [4.78, 5) is 28.1. The number of ether oxygens (including phenoxy) is 2. The lowest BCUT2D eigenvalue weighted by Gasteiger charge is -2.23. The minimum absolute atomic E-state index is 0.0351. The van der Waals surface area contributed by atoms with Gasteiger partial charge in [-0.3, -0.25) is 4.98 Å². The average Bonchev–Trinajstić information content (AvgIpc) is 2.82. The highest BCUT2D eigenvalue weighted by atomic mass is 32.2. The van der Waals surface area contributed by atoms with Crippen LogP contribution in [0, 0.1) is 0 Å². The fraction of sp³-hybridized carbons (Fsp3) is 0.136. The Hall–Kier alpha value is -3.92. The standard InChI is InChI=1S/C22H20N2O7S/c1-30-15-8-10-16(11-9-15)32(28,29)20(14-5-4-12-23-13-14)24-19-17(21(25)26)6-3-7-18(19)22(27)31-2/h3-13,20,24H,1-2H3,(H,25,26). The molecule has 3 rings (SSSR count). The molecule has 1 atom stereocenters. The first-order valence-electron chi connectivity index (χ1n) is 9.28. The molecule has 10 heteroatoms. The van der Waals surface area contributed by atoms with E-state index in [0.717, 1.165) is 7.11 Å². The van der Waals surface area contributed by atoms with Crippen LogP contribution in [-0.2, 0) is 14.6 Å². The predicted molar refractivity (Wildman–Crippen MR) is 116 cm³/mol. The highest BCUT2D eigenvalue weighted by Gasteiger charge is 2.32. The smallest absolute Gasteiger partial charge is 0.339 e. The molecule has 0 radical (unpaired) electrons. The van der Waals surface area contributed by atoms with Gasteiger partial charge in [-0.05, 0) is 42.5 Å². The maximum atomic E-state index is 13.6. The van der Waals surface area contributed by atoms with Gasteiger partial charge in [-0.2, -0.15) is 0 Å². The second-order valence-electron chi connectivity index (χ2n) is 6.56. The molecule has 0 aliphatic carbocycles. The number of methoxy groups -OCH3 is 2. The lowest BCUT2D eigenvalue weighted by Crippen LogP contribution is -2.24. The lowest BCUT2D eigenvalue weighted by atomic mass is 10.1. The molecule has 166 valence electrons. The lowest BCUT2D eigenvalue weighted by molar-refractivity contribution is 0.0601. The zero-order valence-electron chi connectivity index (χ0n) is 17.2. The fourth-order valence-corrected chi connectivity index (χ4v) is 4.63. The third-order valence-corrected chi connectivity index (χ3v) is 6.60. The molecule has 0 spiro atoms. The Morgan fingerprint density at radius 2 is 1.69 bits per heavy atom. The topological polar surface area (TPSA) is 132 Å². The molecular weight excluding hydrogens is 436 g/mol. The van der Waals surface area contributed by atoms with Crippen molar-refractivity contribution in [3.63, 3.8) is 0 Å². The first-order chi connectivity index (χ1) is 15.3. The first-order valence-corrected chi connectivity index (χ1v) is 10.8. The van der Waals surface area contributed by atoms with Crippen molar-refractivity contribution in [2.45, 2.75) is 10.3 Å². The summed E-state index contributed by atoms with van der Waals surface area (Å²) >= 11 is 0. The number of carboxylic acids is 1. The van der Waals surface area contributed by atoms with Crippen LogP contribution in [0.15, 0.2) is 71.9 Å². The number of esters is 1. The summed E-state index contributed by atoms with van der Waals surface area (Å²) in [5.74, 6) is -1.69. The number of carbonyl (C=O) groups is 2. The van der Waals surface area contributed by atoms with E-state index in [1.165, 1.54) is 68.0 Å². The molecule has 9 nitrogen and oxygen atoms in total. The number of sulfone groups is 1. The van der Waals surface area contributed by atoms with Crippen molar-refractivity contribution >= 4 is 27.5 Å². The maximum absolute atomic E-state index is 13.6. The summed E-state index contributed by atoms with van der Waals surface area (Å²) in [6.45, 7) is 0. The van der Waals surface area contributed by atoms with E-state index >= 15 is 0 Å². The van der Waals surface area contributed by atoms with Crippen molar-refractivity contribution in [3.8, 4) is 5.75 Å². The molecule has 0 aliphatic heterocycles. The molecule has 2 aromatic carbocycles. The van der Waals surface area contributed by atoms with E-state index in [2.05, 4.69) is 10.3 Å². The van der Waals surface area contributed by atoms with Gasteiger partial charge in [0.1, 0.15) is 5.75 Å². The minimum Gasteiger partial charge on any atom is -0.497 e. The zero-order valence-corrected chi connectivity index (χ0v) is 18.0. The molecule has 3 aromatic rings. The molecule has 0 saturated heterocycles. The molecule has 0 amide bonds. The highest BCUT2D eigenvalue weighted by molar-refractivity contribution is 7.91. The summed E-state index contributed by atoms with van der Waals surface area (Å²) in [7, 11) is -1.52. The third-order valence-electron chi connectivity index (χ3n) is 4.66. The molecule has 0 fully saturated rings. The molecule has 0 aliphatic rings. The van der Waals surface area contributed by atoms with Gasteiger partial charge in [0.05, 0.1) is 35.9 Å². The SMILES string of the molecule is COC(=O)c1cccc(C(=O)O)c1NC(c1cccnc1)S(=O)(=O)c1ccc(OC)cc1. The summed E-state index contributed by atoms with van der Waals surface area (Å²) in [6, 6.07) is 12.8. The average molecular weight is 456 g/mol. The largest absolute Gasteiger partial charge is 0.497 e. The number of pyridine rings is 1. The third kappa shape index (κ3) is 4.54. The van der Waals surface area contributed by atoms with Gasteiger partial charge < -0.3 is 19.9 Å². The Kier molecular flexibility index (Phi) is 6.74. The molecular formula is C22H20N2O7S. The van der Waals surface area contributed by atoms with Gasteiger partial charge in [0.25, 0.3) is 0 Å². The summed E-state index contributed by atoms with van der Waals surface area (Å²) in [5.41, 5.74) is -0.338. The first kappa shape index (κ1) is 22.8. The van der Waals surface area contributed by atoms with E-state index < -0.39 is 27.1 Å². The molecule has 1 unspecified atom stereocenters. The normalized spacial score (nSPS) is 11.9. The van der Waals surface area contributed by atoms with Gasteiger partial charge in [0, 0.05) is 18.0 Å². The van der Waals surface area contributed by atoms with Crippen LogP contribution in [0.5, 0.6) is 5.75 Å². The second kappa shape index (κ2) is 9.48. The molecule has 1 aromatic heterocycles. The Morgan fingerprint density at radius 3 is 2.25 bits per heavy atom. The number of nitrogens with one attached hydrogen (secondary N) is 1. The predicted octanol–water partition coefficient (Wildman–Crippen LogP) is 3.16. The van der Waals surface area contributed by atoms with Gasteiger partial charge in [0.2, 0.25) is 9.84 Å². The van der Waals surface area contributed by atoms with Crippen LogP contribution in [0.2, 0.25) is 0 Å². The van der Waals surface area contributed by atoms with Crippen LogP contribution in [0.1, 0.15) is 31.7 Å². The number of carbonyl (C=O) groups excluding carboxylic acids is 1. The van der Waals surface area contributed by atoms with Crippen molar-refractivity contribution in [1.29, 1.82) is 0 Å². The maximum Gasteiger partial charge on any atom is 0.339 e. The van der Waals surface area contributed by atoms with Crippen LogP contribution in [0.25, 0.3) is 0 Å². The molecule has 2 N–H and O–H groups in total. The van der Waals surface area contributed by atoms with Crippen LogP contribution < -0.4 is 10.1 Å². The number of anilines is 1. The van der Waals surface area contributed by atoms with Gasteiger partial charge >= 0.3 is 11.9 Å². The van der Waals surface area contributed by atoms with Crippen molar-refractivity contribution in [3.05, 3.63) is 83.7 Å². The number of para-hydroxylation sites is 1. The summed E-state index contributed by atoms with van der Waals surface area (Å²) < 4.78 is 37.0. The number of hydrogen-bond acceptors (Lipinski definition) is 8. The van der Waals surface area contributed by atoms with E-state index in [9.17, 15) is 23.1 Å². The number of rotatable bonds is 8. The van der Waals surface area contributed by atoms with Gasteiger partial charge in [-0.15, -0.1) is 0 Å². The number of hydrogen-bond donors (Lipinski definition) is 2. The van der Waals surface area contributed by atoms with Crippen LogP contribution in [-0.4, -0.2) is 44.7 Å². The molecule has 0 bridgehead atoms. The van der Waals surface area contributed by atoms with Gasteiger partial charge in [-0.25, -0.2) is 18.0 Å². The number of carboxylic acid groups (broad SMARTS) is 1. The van der Waals surface area contributed by atoms with Crippen LogP contribution in [0.3, 0.4) is 0 Å².